The zero-order valence-electron chi connectivity index (χ0n) is 10.1. The second kappa shape index (κ2) is 5.83. The molecule has 0 atom stereocenters. The van der Waals surface area contributed by atoms with Crippen LogP contribution in [0.15, 0.2) is 59.1 Å². The minimum Gasteiger partial charge on any atom is -0.337 e. The molecule has 0 aromatic heterocycles. The average Bonchev–Trinajstić information content (AvgIpc) is 2.41. The van der Waals surface area contributed by atoms with Gasteiger partial charge >= 0.3 is 0 Å². The van der Waals surface area contributed by atoms with Gasteiger partial charge in [0.1, 0.15) is 0 Å². The molecule has 0 saturated heterocycles. The summed E-state index contributed by atoms with van der Waals surface area (Å²) in [6.07, 6.45) is 0. The predicted octanol–water partition coefficient (Wildman–Crippen LogP) is 3.72. The lowest BCUT2D eigenvalue weighted by atomic mass is 10.1. The van der Waals surface area contributed by atoms with Crippen molar-refractivity contribution in [1.29, 1.82) is 0 Å². The van der Waals surface area contributed by atoms with E-state index >= 15 is 0 Å². The van der Waals surface area contributed by atoms with Gasteiger partial charge in [-0.2, -0.15) is 0 Å². The summed E-state index contributed by atoms with van der Waals surface area (Å²) in [4.78, 5) is 13.9. The van der Waals surface area contributed by atoms with E-state index in [-0.39, 0.29) is 5.91 Å². The van der Waals surface area contributed by atoms with Crippen LogP contribution in [-0.4, -0.2) is 17.9 Å². The number of amides is 1. The first kappa shape index (κ1) is 12.8. The zero-order valence-corrected chi connectivity index (χ0v) is 11.7. The molecule has 92 valence electrons. The monoisotopic (exact) mass is 303 g/mol. The maximum atomic E-state index is 12.1. The van der Waals surface area contributed by atoms with E-state index < -0.39 is 0 Å². The summed E-state index contributed by atoms with van der Waals surface area (Å²) in [7, 11) is 1.82. The smallest absolute Gasteiger partial charge is 0.253 e. The van der Waals surface area contributed by atoms with Crippen molar-refractivity contribution < 1.29 is 4.79 Å². The third kappa shape index (κ3) is 3.20. The second-order valence-corrected chi connectivity index (χ2v) is 5.07. The molecule has 0 aliphatic rings. The zero-order chi connectivity index (χ0) is 13.0. The molecule has 3 heteroatoms. The highest BCUT2D eigenvalue weighted by Crippen LogP contribution is 2.13. The van der Waals surface area contributed by atoms with Crippen molar-refractivity contribution in [3.05, 3.63) is 70.2 Å². The van der Waals surface area contributed by atoms with Crippen molar-refractivity contribution >= 4 is 21.8 Å². The summed E-state index contributed by atoms with van der Waals surface area (Å²) >= 11 is 3.40. The van der Waals surface area contributed by atoms with Gasteiger partial charge in [0.15, 0.2) is 0 Å². The first-order valence-corrected chi connectivity index (χ1v) is 6.51. The van der Waals surface area contributed by atoms with E-state index in [9.17, 15) is 4.79 Å². The molecule has 2 nitrogen and oxygen atoms in total. The Morgan fingerprint density at radius 1 is 1.06 bits per heavy atom. The van der Waals surface area contributed by atoms with E-state index in [2.05, 4.69) is 15.9 Å². The molecule has 0 heterocycles. The molecule has 18 heavy (non-hydrogen) atoms. The first-order chi connectivity index (χ1) is 8.66. The van der Waals surface area contributed by atoms with Gasteiger partial charge in [0.05, 0.1) is 0 Å². The Labute approximate surface area is 115 Å². The van der Waals surface area contributed by atoms with Gasteiger partial charge in [-0.3, -0.25) is 4.79 Å². The van der Waals surface area contributed by atoms with Crippen LogP contribution in [0.4, 0.5) is 0 Å². The van der Waals surface area contributed by atoms with Gasteiger partial charge in [0.2, 0.25) is 0 Å². The Morgan fingerprint density at radius 2 is 1.67 bits per heavy atom. The van der Waals surface area contributed by atoms with Gasteiger partial charge in [0, 0.05) is 23.6 Å². The fourth-order valence-corrected chi connectivity index (χ4v) is 2.00. The van der Waals surface area contributed by atoms with Crippen molar-refractivity contribution in [2.75, 3.05) is 7.05 Å². The van der Waals surface area contributed by atoms with E-state index in [0.717, 1.165) is 15.6 Å². The van der Waals surface area contributed by atoms with Crippen LogP contribution in [0.1, 0.15) is 15.9 Å². The lowest BCUT2D eigenvalue weighted by Gasteiger charge is -2.17. The van der Waals surface area contributed by atoms with Gasteiger partial charge < -0.3 is 4.90 Å². The predicted molar refractivity (Wildman–Crippen MR) is 76.4 cm³/mol. The Balaban J connectivity index is 2.06. The van der Waals surface area contributed by atoms with E-state index in [4.69, 9.17) is 0 Å². The highest BCUT2D eigenvalue weighted by Gasteiger charge is 2.10. The van der Waals surface area contributed by atoms with Gasteiger partial charge in [-0.1, -0.05) is 46.3 Å². The number of benzene rings is 2. The Kier molecular flexibility index (Phi) is 4.15. The number of hydrogen-bond donors (Lipinski definition) is 0. The summed E-state index contributed by atoms with van der Waals surface area (Å²) in [5.41, 5.74) is 1.84. The molecular formula is C15H14BrNO. The van der Waals surface area contributed by atoms with Crippen LogP contribution in [0.5, 0.6) is 0 Å². The van der Waals surface area contributed by atoms with Crippen molar-refractivity contribution in [3.63, 3.8) is 0 Å². The first-order valence-electron chi connectivity index (χ1n) is 5.72. The van der Waals surface area contributed by atoms with Crippen LogP contribution >= 0.6 is 15.9 Å². The Bertz CT molecular complexity index is 522. The number of hydrogen-bond acceptors (Lipinski definition) is 1. The van der Waals surface area contributed by atoms with Crippen LogP contribution in [0.25, 0.3) is 0 Å². The maximum absolute atomic E-state index is 12.1. The molecule has 0 spiro atoms. The largest absolute Gasteiger partial charge is 0.337 e. The fraction of sp³-hybridized carbons (Fsp3) is 0.133. The van der Waals surface area contributed by atoms with Gasteiger partial charge in [-0.05, 0) is 29.8 Å². The van der Waals surface area contributed by atoms with E-state index in [1.165, 1.54) is 0 Å². The van der Waals surface area contributed by atoms with E-state index in [0.29, 0.717) is 6.54 Å². The third-order valence-corrected chi connectivity index (χ3v) is 3.23. The second-order valence-electron chi connectivity index (χ2n) is 4.15. The number of halogens is 1. The summed E-state index contributed by atoms with van der Waals surface area (Å²) in [5, 5.41) is 0. The summed E-state index contributed by atoms with van der Waals surface area (Å²) in [6, 6.07) is 17.3. The van der Waals surface area contributed by atoms with Gasteiger partial charge in [0.25, 0.3) is 5.91 Å². The average molecular weight is 304 g/mol. The molecule has 1 amide bonds. The maximum Gasteiger partial charge on any atom is 0.253 e. The lowest BCUT2D eigenvalue weighted by Crippen LogP contribution is -2.26. The SMILES string of the molecule is CN(Cc1ccc(Br)cc1)C(=O)c1ccccc1. The fourth-order valence-electron chi connectivity index (χ4n) is 1.74. The minimum absolute atomic E-state index is 0.0403. The molecule has 0 bridgehead atoms. The van der Waals surface area contributed by atoms with Crippen LogP contribution in [-0.2, 0) is 6.54 Å². The van der Waals surface area contributed by atoms with Gasteiger partial charge in [-0.25, -0.2) is 0 Å². The lowest BCUT2D eigenvalue weighted by molar-refractivity contribution is 0.0785. The number of carbonyl (C=O) groups is 1. The van der Waals surface area contributed by atoms with Crippen LogP contribution < -0.4 is 0 Å². The van der Waals surface area contributed by atoms with Crippen LogP contribution in [0.2, 0.25) is 0 Å². The van der Waals surface area contributed by atoms with Crippen LogP contribution in [0.3, 0.4) is 0 Å². The third-order valence-electron chi connectivity index (χ3n) is 2.70. The van der Waals surface area contributed by atoms with Crippen molar-refractivity contribution in [3.8, 4) is 0 Å². The molecule has 0 N–H and O–H groups in total. The Hall–Kier alpha value is -1.61. The molecule has 0 radical (unpaired) electrons. The molecule has 0 saturated carbocycles. The number of nitrogens with zero attached hydrogens (tertiary/aromatic N) is 1. The van der Waals surface area contributed by atoms with Crippen molar-refractivity contribution in [1.82, 2.24) is 4.90 Å². The normalized spacial score (nSPS) is 10.1. The van der Waals surface area contributed by atoms with Crippen molar-refractivity contribution in [2.24, 2.45) is 0 Å². The van der Waals surface area contributed by atoms with Crippen LogP contribution in [0, 0.1) is 0 Å². The molecule has 2 rings (SSSR count). The quantitative estimate of drug-likeness (QED) is 0.846. The Morgan fingerprint density at radius 3 is 2.28 bits per heavy atom. The molecule has 0 unspecified atom stereocenters. The standard InChI is InChI=1S/C15H14BrNO/c1-17(11-12-7-9-14(16)10-8-12)15(18)13-5-3-2-4-6-13/h2-10H,11H2,1H3. The van der Waals surface area contributed by atoms with E-state index in [1.54, 1.807) is 4.90 Å². The molecule has 2 aromatic carbocycles. The summed E-state index contributed by atoms with van der Waals surface area (Å²) in [5.74, 6) is 0.0403. The number of carbonyl (C=O) groups excluding carboxylic acids is 1. The summed E-state index contributed by atoms with van der Waals surface area (Å²) in [6.45, 7) is 0.612. The molecular weight excluding hydrogens is 290 g/mol. The molecule has 0 aliphatic heterocycles. The molecule has 0 aliphatic carbocycles. The highest BCUT2D eigenvalue weighted by molar-refractivity contribution is 9.10. The highest BCUT2D eigenvalue weighted by atomic mass is 79.9. The minimum atomic E-state index is 0.0403. The summed E-state index contributed by atoms with van der Waals surface area (Å²) < 4.78 is 1.04. The number of rotatable bonds is 3. The van der Waals surface area contributed by atoms with E-state index in [1.807, 2.05) is 61.6 Å². The van der Waals surface area contributed by atoms with Crippen molar-refractivity contribution in [2.45, 2.75) is 6.54 Å². The molecule has 2 aromatic rings. The topological polar surface area (TPSA) is 20.3 Å². The van der Waals surface area contributed by atoms with Gasteiger partial charge in [-0.15, -0.1) is 0 Å². The molecule has 0 fully saturated rings.